The number of nitrogens with zero attached hydrogens (tertiary/aromatic N) is 1. The normalized spacial score (nSPS) is 18.4. The average Bonchev–Trinajstić information content (AvgIpc) is 2.49. The Morgan fingerprint density at radius 2 is 2.14 bits per heavy atom. The SMILES string of the molecule is CCOC(=O)[C@H]1CCCN(C(=O)c2cc(Br)ccc2Br)C1. The summed E-state index contributed by atoms with van der Waals surface area (Å²) in [6.45, 7) is 3.27. The summed E-state index contributed by atoms with van der Waals surface area (Å²) in [6, 6.07) is 5.50. The lowest BCUT2D eigenvalue weighted by Gasteiger charge is -2.31. The number of ether oxygens (including phenoxy) is 1. The Bertz CT molecular complexity index is 548. The zero-order valence-corrected chi connectivity index (χ0v) is 14.9. The van der Waals surface area contributed by atoms with Crippen molar-refractivity contribution in [3.63, 3.8) is 0 Å². The molecule has 0 aromatic heterocycles. The number of rotatable bonds is 3. The smallest absolute Gasteiger partial charge is 0.310 e. The van der Waals surface area contributed by atoms with Crippen LogP contribution < -0.4 is 0 Å². The lowest BCUT2D eigenvalue weighted by atomic mass is 9.97. The highest BCUT2D eigenvalue weighted by Crippen LogP contribution is 2.25. The van der Waals surface area contributed by atoms with Crippen molar-refractivity contribution in [3.8, 4) is 0 Å². The van der Waals surface area contributed by atoms with Crippen LogP contribution in [-0.2, 0) is 9.53 Å². The molecule has 114 valence electrons. The maximum absolute atomic E-state index is 12.6. The Labute approximate surface area is 141 Å². The van der Waals surface area contributed by atoms with E-state index >= 15 is 0 Å². The lowest BCUT2D eigenvalue weighted by Crippen LogP contribution is -2.42. The second kappa shape index (κ2) is 7.40. The highest BCUT2D eigenvalue weighted by atomic mass is 79.9. The zero-order chi connectivity index (χ0) is 15.4. The van der Waals surface area contributed by atoms with Crippen molar-refractivity contribution in [1.29, 1.82) is 0 Å². The maximum Gasteiger partial charge on any atom is 0.310 e. The van der Waals surface area contributed by atoms with Crippen molar-refractivity contribution >= 4 is 43.7 Å². The number of hydrogen-bond acceptors (Lipinski definition) is 3. The molecule has 1 aliphatic heterocycles. The molecule has 1 fully saturated rings. The van der Waals surface area contributed by atoms with E-state index in [9.17, 15) is 9.59 Å². The molecule has 0 radical (unpaired) electrons. The zero-order valence-electron chi connectivity index (χ0n) is 11.8. The fourth-order valence-electron chi connectivity index (χ4n) is 2.45. The molecular weight excluding hydrogens is 402 g/mol. The summed E-state index contributed by atoms with van der Waals surface area (Å²) in [5.41, 5.74) is 0.605. The van der Waals surface area contributed by atoms with Gasteiger partial charge in [-0.1, -0.05) is 15.9 Å². The van der Waals surface area contributed by atoms with Crippen LogP contribution in [-0.4, -0.2) is 36.5 Å². The molecule has 1 atom stereocenters. The van der Waals surface area contributed by atoms with E-state index in [0.717, 1.165) is 21.8 Å². The van der Waals surface area contributed by atoms with Gasteiger partial charge in [-0.3, -0.25) is 9.59 Å². The van der Waals surface area contributed by atoms with Gasteiger partial charge in [-0.15, -0.1) is 0 Å². The maximum atomic E-state index is 12.6. The minimum absolute atomic E-state index is 0.0582. The molecule has 6 heteroatoms. The molecule has 0 spiro atoms. The van der Waals surface area contributed by atoms with Crippen molar-refractivity contribution in [2.75, 3.05) is 19.7 Å². The quantitative estimate of drug-likeness (QED) is 0.704. The molecule has 1 aromatic rings. The minimum atomic E-state index is -0.214. The average molecular weight is 419 g/mol. The van der Waals surface area contributed by atoms with Crippen molar-refractivity contribution in [2.24, 2.45) is 5.92 Å². The Kier molecular flexibility index (Phi) is 5.81. The van der Waals surface area contributed by atoms with Gasteiger partial charge in [0.1, 0.15) is 0 Å². The van der Waals surface area contributed by atoms with Crippen LogP contribution >= 0.6 is 31.9 Å². The number of likely N-dealkylation sites (tertiary alicyclic amines) is 1. The van der Waals surface area contributed by atoms with E-state index in [-0.39, 0.29) is 17.8 Å². The van der Waals surface area contributed by atoms with E-state index in [1.807, 2.05) is 12.1 Å². The molecule has 1 amide bonds. The third-order valence-electron chi connectivity index (χ3n) is 3.49. The first-order valence-corrected chi connectivity index (χ1v) is 8.52. The van der Waals surface area contributed by atoms with Gasteiger partial charge in [0.2, 0.25) is 0 Å². The van der Waals surface area contributed by atoms with E-state index in [4.69, 9.17) is 4.74 Å². The Morgan fingerprint density at radius 1 is 1.38 bits per heavy atom. The number of carbonyl (C=O) groups excluding carboxylic acids is 2. The third-order valence-corrected chi connectivity index (χ3v) is 4.67. The standard InChI is InChI=1S/C15H17Br2NO3/c1-2-21-15(20)10-4-3-7-18(9-10)14(19)12-8-11(16)5-6-13(12)17/h5-6,8,10H,2-4,7,9H2,1H3/t10-/m0/s1. The Balaban J connectivity index is 2.12. The molecule has 0 saturated carbocycles. The second-order valence-corrected chi connectivity index (χ2v) is 6.74. The fraction of sp³-hybridized carbons (Fsp3) is 0.467. The van der Waals surface area contributed by atoms with Crippen LogP contribution in [0.15, 0.2) is 27.1 Å². The van der Waals surface area contributed by atoms with Crippen molar-refractivity contribution in [2.45, 2.75) is 19.8 Å². The molecule has 0 N–H and O–H groups in total. The van der Waals surface area contributed by atoms with Gasteiger partial charge in [-0.2, -0.15) is 0 Å². The second-order valence-electron chi connectivity index (χ2n) is 4.97. The monoisotopic (exact) mass is 417 g/mol. The van der Waals surface area contributed by atoms with Crippen LogP contribution in [0.1, 0.15) is 30.1 Å². The number of hydrogen-bond donors (Lipinski definition) is 0. The van der Waals surface area contributed by atoms with E-state index < -0.39 is 0 Å². The summed E-state index contributed by atoms with van der Waals surface area (Å²) in [6.07, 6.45) is 1.60. The highest BCUT2D eigenvalue weighted by molar-refractivity contribution is 9.11. The van der Waals surface area contributed by atoms with Gasteiger partial charge in [-0.05, 0) is 53.9 Å². The topological polar surface area (TPSA) is 46.6 Å². The minimum Gasteiger partial charge on any atom is -0.466 e. The summed E-state index contributed by atoms with van der Waals surface area (Å²) in [4.78, 5) is 26.2. The molecule has 1 aromatic carbocycles. The predicted octanol–water partition coefficient (Wildman–Crippen LogP) is 3.63. The molecule has 21 heavy (non-hydrogen) atoms. The van der Waals surface area contributed by atoms with Crippen LogP contribution in [0.4, 0.5) is 0 Å². The Hall–Kier alpha value is -0.880. The number of halogens is 2. The van der Waals surface area contributed by atoms with Crippen LogP contribution in [0.5, 0.6) is 0 Å². The van der Waals surface area contributed by atoms with Crippen LogP contribution in [0, 0.1) is 5.92 Å². The van der Waals surface area contributed by atoms with E-state index in [1.54, 1.807) is 17.9 Å². The van der Waals surface area contributed by atoms with Crippen LogP contribution in [0.2, 0.25) is 0 Å². The van der Waals surface area contributed by atoms with Gasteiger partial charge in [0.25, 0.3) is 5.91 Å². The van der Waals surface area contributed by atoms with E-state index in [1.165, 1.54) is 0 Å². The molecular formula is C15H17Br2NO3. The summed E-state index contributed by atoms with van der Waals surface area (Å²) in [5, 5.41) is 0. The van der Waals surface area contributed by atoms with Gasteiger partial charge >= 0.3 is 5.97 Å². The molecule has 1 heterocycles. The number of carbonyl (C=O) groups is 2. The lowest BCUT2D eigenvalue weighted by molar-refractivity contribution is -0.149. The molecule has 4 nitrogen and oxygen atoms in total. The largest absolute Gasteiger partial charge is 0.466 e. The van der Waals surface area contributed by atoms with Crippen LogP contribution in [0.3, 0.4) is 0 Å². The first kappa shape index (κ1) is 16.5. The highest BCUT2D eigenvalue weighted by Gasteiger charge is 2.30. The fourth-order valence-corrected chi connectivity index (χ4v) is 3.22. The van der Waals surface area contributed by atoms with E-state index in [2.05, 4.69) is 31.9 Å². The summed E-state index contributed by atoms with van der Waals surface area (Å²) < 4.78 is 6.68. The molecule has 1 aliphatic rings. The van der Waals surface area contributed by atoms with Gasteiger partial charge in [0.05, 0.1) is 18.1 Å². The summed E-state index contributed by atoms with van der Waals surface area (Å²) in [7, 11) is 0. The third kappa shape index (κ3) is 4.07. The number of benzene rings is 1. The van der Waals surface area contributed by atoms with Crippen molar-refractivity contribution < 1.29 is 14.3 Å². The van der Waals surface area contributed by atoms with Crippen molar-refractivity contribution in [3.05, 3.63) is 32.7 Å². The first-order valence-electron chi connectivity index (χ1n) is 6.94. The number of esters is 1. The molecule has 0 aliphatic carbocycles. The van der Waals surface area contributed by atoms with Crippen LogP contribution in [0.25, 0.3) is 0 Å². The number of amides is 1. The predicted molar refractivity (Wildman–Crippen MR) is 87.1 cm³/mol. The number of piperidine rings is 1. The first-order chi connectivity index (χ1) is 10.0. The summed E-state index contributed by atoms with van der Waals surface area (Å²) in [5.74, 6) is -0.478. The van der Waals surface area contributed by atoms with Gasteiger partial charge in [0, 0.05) is 22.0 Å². The van der Waals surface area contributed by atoms with E-state index in [0.29, 0.717) is 25.3 Å². The molecule has 0 bridgehead atoms. The molecule has 0 unspecified atom stereocenters. The van der Waals surface area contributed by atoms with Gasteiger partial charge < -0.3 is 9.64 Å². The van der Waals surface area contributed by atoms with Crippen molar-refractivity contribution in [1.82, 2.24) is 4.90 Å². The Morgan fingerprint density at radius 3 is 2.86 bits per heavy atom. The summed E-state index contributed by atoms with van der Waals surface area (Å²) >= 11 is 6.79. The molecule has 1 saturated heterocycles. The van der Waals surface area contributed by atoms with Gasteiger partial charge in [0.15, 0.2) is 0 Å². The molecule has 2 rings (SSSR count). The van der Waals surface area contributed by atoms with Gasteiger partial charge in [-0.25, -0.2) is 0 Å².